The van der Waals surface area contributed by atoms with Crippen LogP contribution in [0.2, 0.25) is 0 Å². The Bertz CT molecular complexity index is 516. The van der Waals surface area contributed by atoms with Gasteiger partial charge in [-0.15, -0.1) is 8.42 Å². The summed E-state index contributed by atoms with van der Waals surface area (Å²) in [5.41, 5.74) is -5.43. The highest BCUT2D eigenvalue weighted by atomic mass is 32.3. The zero-order valence-corrected chi connectivity index (χ0v) is 14.9. The average molecular weight is 365 g/mol. The maximum atomic E-state index is 12.6. The van der Waals surface area contributed by atoms with Crippen LogP contribution in [0.15, 0.2) is 0 Å². The van der Waals surface area contributed by atoms with Crippen LogP contribution in [0.3, 0.4) is 0 Å². The lowest BCUT2D eigenvalue weighted by molar-refractivity contribution is -0.120. The van der Waals surface area contributed by atoms with Gasteiger partial charge in [-0.2, -0.15) is 13.2 Å². The molecule has 0 aliphatic heterocycles. The Kier molecular flexibility index (Phi) is 5.67. The molecule has 0 aromatic heterocycles. The first-order valence-electron chi connectivity index (χ1n) is 7.03. The maximum absolute atomic E-state index is 12.6. The van der Waals surface area contributed by atoms with Gasteiger partial charge in [0.25, 0.3) is 0 Å². The molecule has 1 N–H and O–H groups in total. The van der Waals surface area contributed by atoms with Crippen LogP contribution in [0.4, 0.5) is 13.2 Å². The van der Waals surface area contributed by atoms with Gasteiger partial charge in [0.1, 0.15) is 0 Å². The molecule has 1 aliphatic rings. The first-order chi connectivity index (χ1) is 9.70. The monoisotopic (exact) mass is 365 g/mol. The zero-order valence-electron chi connectivity index (χ0n) is 13.2. The number of hydrogen-bond acceptors (Lipinski definition) is 3. The normalized spacial score (nSPS) is 22.3. The van der Waals surface area contributed by atoms with Crippen molar-refractivity contribution in [3.8, 4) is 0 Å². The Balaban J connectivity index is 3.03. The van der Waals surface area contributed by atoms with Gasteiger partial charge in [-0.1, -0.05) is 12.8 Å². The van der Waals surface area contributed by atoms with Gasteiger partial charge in [0.2, 0.25) is 0 Å². The second-order valence-corrected chi connectivity index (χ2v) is 12.3. The van der Waals surface area contributed by atoms with Crippen molar-refractivity contribution in [2.75, 3.05) is 12.0 Å². The summed E-state index contributed by atoms with van der Waals surface area (Å²) in [6.45, 7) is 4.87. The molecule has 0 saturated heterocycles. The summed E-state index contributed by atoms with van der Waals surface area (Å²) in [6, 6.07) is 0. The number of ketones is 1. The molecule has 4 nitrogen and oxygen atoms in total. The number of halogens is 3. The van der Waals surface area contributed by atoms with Gasteiger partial charge in [-0.25, -0.2) is 0 Å². The Hall–Kier alpha value is -0.280. The van der Waals surface area contributed by atoms with Crippen LogP contribution in [0.25, 0.3) is 0 Å². The van der Waals surface area contributed by atoms with Gasteiger partial charge in [-0.3, -0.25) is 8.42 Å². The highest BCUT2D eigenvalue weighted by Gasteiger charge is 2.58. The van der Waals surface area contributed by atoms with Crippen LogP contribution in [0.1, 0.15) is 46.5 Å². The number of Topliss-reactive ketones (excluding diaryl/α,β-unsaturated/α-hetero) is 1. The lowest BCUT2D eigenvalue weighted by Gasteiger charge is -2.41. The van der Waals surface area contributed by atoms with Crippen molar-refractivity contribution in [2.24, 2.45) is 5.92 Å². The van der Waals surface area contributed by atoms with Crippen molar-refractivity contribution in [1.82, 2.24) is 0 Å². The van der Waals surface area contributed by atoms with Gasteiger partial charge < -0.3 is 0 Å². The van der Waals surface area contributed by atoms with Crippen molar-refractivity contribution in [1.29, 1.82) is 0 Å². The molecule has 1 fully saturated rings. The van der Waals surface area contributed by atoms with Crippen LogP contribution >= 0.6 is 10.3 Å². The molecule has 0 aromatic carbocycles. The molecule has 9 heteroatoms. The van der Waals surface area contributed by atoms with Gasteiger partial charge >= 0.3 is 15.6 Å². The average Bonchev–Trinajstić information content (AvgIpc) is 2.77. The van der Waals surface area contributed by atoms with Crippen LogP contribution in [0.5, 0.6) is 0 Å². The molecule has 1 unspecified atom stereocenters. The predicted octanol–water partition coefficient (Wildman–Crippen LogP) is 3.84. The third-order valence-corrected chi connectivity index (χ3v) is 10.3. The molecule has 132 valence electrons. The molecule has 1 rings (SSSR count). The minimum atomic E-state index is -5.60. The van der Waals surface area contributed by atoms with E-state index >= 15 is 0 Å². The summed E-state index contributed by atoms with van der Waals surface area (Å²) < 4.78 is 63.2. The Morgan fingerprint density at radius 3 is 1.95 bits per heavy atom. The summed E-state index contributed by atoms with van der Waals surface area (Å²) in [5, 5.41) is 0. The first-order valence-corrected chi connectivity index (χ1v) is 10.6. The van der Waals surface area contributed by atoms with E-state index in [9.17, 15) is 26.4 Å². The van der Waals surface area contributed by atoms with E-state index in [-0.39, 0.29) is 17.5 Å². The fourth-order valence-electron chi connectivity index (χ4n) is 2.26. The number of alkyl halides is 3. The van der Waals surface area contributed by atoms with Gasteiger partial charge in [-0.05, 0) is 43.9 Å². The lowest BCUT2D eigenvalue weighted by Crippen LogP contribution is -2.40. The van der Waals surface area contributed by atoms with E-state index in [1.165, 1.54) is 6.26 Å². The second kappa shape index (κ2) is 6.32. The lowest BCUT2D eigenvalue weighted by atomic mass is 10.0. The van der Waals surface area contributed by atoms with Crippen LogP contribution < -0.4 is 0 Å². The maximum Gasteiger partial charge on any atom is 0.572 e. The number of carbonyl (C=O) groups is 1. The molecule has 22 heavy (non-hydrogen) atoms. The third kappa shape index (κ3) is 4.38. The Labute approximate surface area is 131 Å². The first kappa shape index (κ1) is 19.8. The molecular weight excluding hydrogens is 341 g/mol. The Morgan fingerprint density at radius 1 is 1.14 bits per heavy atom. The predicted molar refractivity (Wildman–Crippen MR) is 82.7 cm³/mol. The standard InChI is InChI=1S/C13H23F3O4S2/c1-12(2,3)21(4,20-22(18,19)13(14,15)16)9-11(17)10-7-5-6-8-10/h10H,5-9H2,1-4H3/p+1. The molecular formula is C13H24F3O4S2+. The molecule has 1 atom stereocenters. The minimum Gasteiger partial charge on any atom is -0.298 e. The highest BCUT2D eigenvalue weighted by molar-refractivity contribution is 8.33. The third-order valence-electron chi connectivity index (χ3n) is 4.11. The van der Waals surface area contributed by atoms with Gasteiger partial charge in [0.05, 0.1) is 10.5 Å². The van der Waals surface area contributed by atoms with E-state index in [1.54, 1.807) is 20.8 Å². The molecule has 0 bridgehead atoms. The summed E-state index contributed by atoms with van der Waals surface area (Å²) in [4.78, 5) is 12.3. The van der Waals surface area contributed by atoms with E-state index in [2.05, 4.69) is 3.63 Å². The molecule has 0 radical (unpaired) electrons. The largest absolute Gasteiger partial charge is 0.572 e. The molecule has 1 aliphatic carbocycles. The van der Waals surface area contributed by atoms with Crippen molar-refractivity contribution in [3.63, 3.8) is 0 Å². The van der Waals surface area contributed by atoms with Crippen molar-refractivity contribution in [3.05, 3.63) is 0 Å². The quantitative estimate of drug-likeness (QED) is 0.422. The molecule has 0 heterocycles. The van der Waals surface area contributed by atoms with E-state index in [1.807, 2.05) is 0 Å². The SMILES string of the molecule is CC(C)(C)S(C)(CC(=O)C1CCCC1)[OH+]S(=O)(=O)C(F)(F)F. The molecule has 0 aromatic rings. The van der Waals surface area contributed by atoms with Crippen LogP contribution in [-0.2, 0) is 14.9 Å². The van der Waals surface area contributed by atoms with Crippen LogP contribution in [0, 0.1) is 5.92 Å². The topological polar surface area (TPSA) is 64.0 Å². The second-order valence-electron chi connectivity index (χ2n) is 6.74. The molecule has 1 saturated carbocycles. The minimum absolute atomic E-state index is 0.161. The number of hydrogen-bond donors (Lipinski definition) is 0. The van der Waals surface area contributed by atoms with E-state index < -0.39 is 30.7 Å². The van der Waals surface area contributed by atoms with Crippen LogP contribution in [-0.4, -0.2) is 40.1 Å². The van der Waals surface area contributed by atoms with Gasteiger partial charge in [0, 0.05) is 12.2 Å². The Morgan fingerprint density at radius 2 is 1.59 bits per heavy atom. The number of carbonyl (C=O) groups excluding carboxylic acids is 1. The summed E-state index contributed by atoms with van der Waals surface area (Å²) in [7, 11) is -8.26. The summed E-state index contributed by atoms with van der Waals surface area (Å²) in [6.07, 6.45) is 4.70. The fraction of sp³-hybridized carbons (Fsp3) is 0.923. The molecule has 0 amide bonds. The van der Waals surface area contributed by atoms with Crippen molar-refractivity contribution in [2.45, 2.75) is 56.7 Å². The smallest absolute Gasteiger partial charge is 0.298 e. The van der Waals surface area contributed by atoms with E-state index in [0.29, 0.717) is 0 Å². The fourth-order valence-corrected chi connectivity index (χ4v) is 6.65. The molecule has 0 spiro atoms. The van der Waals surface area contributed by atoms with Gasteiger partial charge in [0.15, 0.2) is 5.78 Å². The van der Waals surface area contributed by atoms with Crippen molar-refractivity contribution < 1.29 is 30.0 Å². The van der Waals surface area contributed by atoms with Crippen molar-refractivity contribution >= 4 is 26.2 Å². The zero-order chi connectivity index (χ0) is 17.4. The van der Waals surface area contributed by atoms with E-state index in [0.717, 1.165) is 25.7 Å². The number of rotatable bonds is 5. The highest BCUT2D eigenvalue weighted by Crippen LogP contribution is 2.57. The van der Waals surface area contributed by atoms with E-state index in [4.69, 9.17) is 0 Å². The summed E-state index contributed by atoms with van der Waals surface area (Å²) in [5.74, 6) is -0.541. The summed E-state index contributed by atoms with van der Waals surface area (Å²) >= 11 is 0.